The summed E-state index contributed by atoms with van der Waals surface area (Å²) in [5.74, 6) is 1.29. The molecule has 0 radical (unpaired) electrons. The highest BCUT2D eigenvalue weighted by atomic mass is 19.1. The summed E-state index contributed by atoms with van der Waals surface area (Å²) in [5, 5.41) is 12.3. The molecule has 9 heteroatoms. The van der Waals surface area contributed by atoms with Gasteiger partial charge < -0.3 is 10.2 Å². The van der Waals surface area contributed by atoms with Crippen LogP contribution < -0.4 is 5.32 Å². The fraction of sp³-hybridized carbons (Fsp3) is 0.400. The van der Waals surface area contributed by atoms with E-state index in [0.29, 0.717) is 47.7 Å². The van der Waals surface area contributed by atoms with Crippen LogP contribution in [0.25, 0.3) is 5.69 Å². The van der Waals surface area contributed by atoms with Gasteiger partial charge in [-0.3, -0.25) is 4.79 Å². The van der Waals surface area contributed by atoms with Gasteiger partial charge in [0.1, 0.15) is 18.2 Å². The summed E-state index contributed by atoms with van der Waals surface area (Å²) in [4.78, 5) is 26.2. The van der Waals surface area contributed by atoms with Crippen LogP contribution in [-0.4, -0.2) is 54.9 Å². The Hall–Kier alpha value is -3.62. The highest BCUT2D eigenvalue weighted by Crippen LogP contribution is 2.51. The molecular weight excluding hydrogens is 433 g/mol. The summed E-state index contributed by atoms with van der Waals surface area (Å²) >= 11 is 0. The number of piperidine rings is 1. The van der Waals surface area contributed by atoms with Crippen LogP contribution in [0.3, 0.4) is 0 Å². The van der Waals surface area contributed by atoms with Crippen molar-refractivity contribution in [3.63, 3.8) is 0 Å². The summed E-state index contributed by atoms with van der Waals surface area (Å²) in [6, 6.07) is 7.13. The van der Waals surface area contributed by atoms with Crippen LogP contribution in [0.15, 0.2) is 42.6 Å². The van der Waals surface area contributed by atoms with Crippen molar-refractivity contribution in [3.8, 4) is 5.69 Å². The van der Waals surface area contributed by atoms with E-state index >= 15 is 0 Å². The van der Waals surface area contributed by atoms with E-state index in [1.165, 1.54) is 16.6 Å². The van der Waals surface area contributed by atoms with Crippen molar-refractivity contribution >= 4 is 11.7 Å². The summed E-state index contributed by atoms with van der Waals surface area (Å²) in [6.45, 7) is 10.4. The smallest absolute Gasteiger partial charge is 0.275 e. The molecule has 2 aliphatic rings. The van der Waals surface area contributed by atoms with Gasteiger partial charge in [0.15, 0.2) is 5.69 Å². The molecule has 3 aromatic heterocycles. The number of likely N-dealkylation sites (tertiary alicyclic amines) is 1. The Bertz CT molecular complexity index is 1230. The van der Waals surface area contributed by atoms with E-state index in [2.05, 4.69) is 32.1 Å². The third kappa shape index (κ3) is 4.06. The first-order chi connectivity index (χ1) is 16.4. The predicted molar refractivity (Wildman–Crippen MR) is 126 cm³/mol. The van der Waals surface area contributed by atoms with Crippen LogP contribution in [0.5, 0.6) is 0 Å². The summed E-state index contributed by atoms with van der Waals surface area (Å²) < 4.78 is 12.8. The molecule has 5 rings (SSSR count). The summed E-state index contributed by atoms with van der Waals surface area (Å²) in [6.07, 6.45) is 2.36. The van der Waals surface area contributed by atoms with Gasteiger partial charge >= 0.3 is 0 Å². The molecule has 2 fully saturated rings. The molecular formula is C25H28FN7O. The number of alkyl halides is 1. The predicted octanol–water partition coefficient (Wildman–Crippen LogP) is 3.58. The fourth-order valence-corrected chi connectivity index (χ4v) is 4.62. The Labute approximate surface area is 197 Å². The molecule has 176 valence electrons. The van der Waals surface area contributed by atoms with Crippen LogP contribution in [0.1, 0.15) is 39.6 Å². The van der Waals surface area contributed by atoms with Crippen LogP contribution in [0.2, 0.25) is 0 Å². The molecule has 0 bridgehead atoms. The van der Waals surface area contributed by atoms with Crippen LogP contribution in [-0.2, 0) is 6.67 Å². The van der Waals surface area contributed by atoms with E-state index in [-0.39, 0.29) is 11.9 Å². The Balaban J connectivity index is 1.42. The number of hydrogen-bond acceptors (Lipinski definition) is 6. The van der Waals surface area contributed by atoms with Gasteiger partial charge in [0, 0.05) is 42.5 Å². The maximum Gasteiger partial charge on any atom is 0.275 e. The second-order valence-electron chi connectivity index (χ2n) is 9.18. The van der Waals surface area contributed by atoms with Gasteiger partial charge in [-0.15, -0.1) is 4.80 Å². The molecule has 1 aliphatic carbocycles. The number of pyridine rings is 2. The molecule has 34 heavy (non-hydrogen) atoms. The zero-order chi connectivity index (χ0) is 24.0. The molecule has 1 saturated heterocycles. The number of hydrogen-bond donors (Lipinski definition) is 1. The van der Waals surface area contributed by atoms with Gasteiger partial charge in [0.25, 0.3) is 5.91 Å². The third-order valence-corrected chi connectivity index (χ3v) is 6.89. The normalized spacial score (nSPS) is 21.4. The number of nitrogens with zero attached hydrogens (tertiary/aromatic N) is 6. The zero-order valence-corrected chi connectivity index (χ0v) is 19.6. The first-order valence-electron chi connectivity index (χ1n) is 11.5. The lowest BCUT2D eigenvalue weighted by Crippen LogP contribution is -2.48. The van der Waals surface area contributed by atoms with Crippen molar-refractivity contribution in [1.82, 2.24) is 29.9 Å². The third-order valence-electron chi connectivity index (χ3n) is 6.89. The maximum atomic E-state index is 13.9. The van der Waals surface area contributed by atoms with E-state index in [1.807, 2.05) is 37.8 Å². The van der Waals surface area contributed by atoms with Crippen molar-refractivity contribution in [2.24, 2.45) is 11.8 Å². The first-order valence-corrected chi connectivity index (χ1v) is 11.5. The zero-order valence-electron chi connectivity index (χ0n) is 19.6. The number of carbonyl (C=O) groups excluding carboxylic acids is 1. The standard InChI is InChI=1S/C25H28FN7O/c1-14-5-7-22(33-30-16(3)17(4)31-33)24(29-14)25(34)32-13-21-15(2)20(21)9-19(32)12-28-23-8-6-18(10-26)11-27-23/h5-8,11,19-21H,2,9-10,12-13H2,1,3-4H3,(H,27,28). The van der Waals surface area contributed by atoms with Crippen molar-refractivity contribution in [2.45, 2.75) is 39.9 Å². The van der Waals surface area contributed by atoms with Crippen molar-refractivity contribution in [1.29, 1.82) is 0 Å². The van der Waals surface area contributed by atoms with E-state index < -0.39 is 6.67 Å². The van der Waals surface area contributed by atoms with Crippen LogP contribution in [0, 0.1) is 32.6 Å². The van der Waals surface area contributed by atoms with Gasteiger partial charge in [-0.25, -0.2) is 14.4 Å². The Morgan fingerprint density at radius 2 is 1.91 bits per heavy atom. The molecule has 8 nitrogen and oxygen atoms in total. The molecule has 3 unspecified atom stereocenters. The van der Waals surface area contributed by atoms with Gasteiger partial charge in [0.2, 0.25) is 0 Å². The van der Waals surface area contributed by atoms with Crippen LogP contribution in [0.4, 0.5) is 10.2 Å². The number of aromatic nitrogens is 5. The number of halogens is 1. The number of amides is 1. The average Bonchev–Trinajstić information content (AvgIpc) is 3.35. The van der Waals surface area contributed by atoms with Crippen molar-refractivity contribution in [3.05, 3.63) is 71.0 Å². The number of fused-ring (bicyclic) bond motifs is 1. The minimum Gasteiger partial charge on any atom is -0.368 e. The average molecular weight is 462 g/mol. The minimum atomic E-state index is -0.542. The van der Waals surface area contributed by atoms with Crippen LogP contribution >= 0.6 is 0 Å². The van der Waals surface area contributed by atoms with Gasteiger partial charge in [0.05, 0.1) is 11.4 Å². The lowest BCUT2D eigenvalue weighted by molar-refractivity contribution is 0.0609. The molecule has 0 aromatic carbocycles. The lowest BCUT2D eigenvalue weighted by Gasteiger charge is -2.35. The fourth-order valence-electron chi connectivity index (χ4n) is 4.62. The second kappa shape index (κ2) is 8.62. The minimum absolute atomic E-state index is 0.0557. The molecule has 1 amide bonds. The highest BCUT2D eigenvalue weighted by Gasteiger charge is 2.50. The molecule has 0 spiro atoms. The summed E-state index contributed by atoms with van der Waals surface area (Å²) in [7, 11) is 0. The van der Waals surface area contributed by atoms with E-state index in [9.17, 15) is 9.18 Å². The highest BCUT2D eigenvalue weighted by molar-refractivity contribution is 5.96. The largest absolute Gasteiger partial charge is 0.368 e. The number of aryl methyl sites for hydroxylation is 3. The monoisotopic (exact) mass is 461 g/mol. The lowest BCUT2D eigenvalue weighted by atomic mass is 10.0. The quantitative estimate of drug-likeness (QED) is 0.565. The SMILES string of the molecule is C=C1C2CC(CNc3ccc(CF)cn3)N(C(=O)c3nc(C)ccc3-n3nc(C)c(C)n3)CC12. The van der Waals surface area contributed by atoms with E-state index in [0.717, 1.165) is 23.5 Å². The number of rotatable bonds is 6. The number of anilines is 1. The van der Waals surface area contributed by atoms with E-state index in [1.54, 1.807) is 12.1 Å². The Morgan fingerprint density at radius 3 is 2.59 bits per heavy atom. The van der Waals surface area contributed by atoms with Gasteiger partial charge in [-0.05, 0) is 51.3 Å². The van der Waals surface area contributed by atoms with E-state index in [4.69, 9.17) is 0 Å². The number of nitrogens with one attached hydrogen (secondary N) is 1. The number of carbonyl (C=O) groups is 1. The molecule has 3 atom stereocenters. The Morgan fingerprint density at radius 1 is 1.15 bits per heavy atom. The molecule has 1 aliphatic heterocycles. The topological polar surface area (TPSA) is 88.8 Å². The molecule has 3 aromatic rings. The van der Waals surface area contributed by atoms with Crippen molar-refractivity contribution in [2.75, 3.05) is 18.4 Å². The second-order valence-corrected chi connectivity index (χ2v) is 9.18. The van der Waals surface area contributed by atoms with Crippen molar-refractivity contribution < 1.29 is 9.18 Å². The first kappa shape index (κ1) is 22.2. The van der Waals surface area contributed by atoms with Gasteiger partial charge in [-0.2, -0.15) is 10.2 Å². The molecule has 1 saturated carbocycles. The molecule has 4 heterocycles. The van der Waals surface area contributed by atoms with Gasteiger partial charge in [-0.1, -0.05) is 18.2 Å². The Kier molecular flexibility index (Phi) is 5.63. The maximum absolute atomic E-state index is 13.9. The summed E-state index contributed by atoms with van der Waals surface area (Å²) in [5.41, 5.74) is 5.03. The molecule has 1 N–H and O–H groups in total.